The van der Waals surface area contributed by atoms with Gasteiger partial charge in [0.25, 0.3) is 0 Å². The van der Waals surface area contributed by atoms with Gasteiger partial charge >= 0.3 is 0 Å². The topological polar surface area (TPSA) is 43.4 Å². The predicted octanol–water partition coefficient (Wildman–Crippen LogP) is 0.122. The van der Waals surface area contributed by atoms with Crippen LogP contribution in [0.15, 0.2) is 0 Å². The molecular formula is C5H10NO2S-. The lowest BCUT2D eigenvalue weighted by Crippen LogP contribution is -2.22. The minimum Gasteiger partial charge on any atom is -0.760 e. The largest absolute Gasteiger partial charge is 0.760 e. The number of nitrogens with zero attached hydrogens (tertiary/aromatic N) is 1. The third-order valence-corrected chi connectivity index (χ3v) is 2.35. The van der Waals surface area contributed by atoms with Gasteiger partial charge in [-0.15, -0.1) is 0 Å². The third kappa shape index (κ3) is 1.74. The first kappa shape index (κ1) is 7.18. The zero-order chi connectivity index (χ0) is 6.85. The van der Waals surface area contributed by atoms with Gasteiger partial charge in [0.05, 0.1) is 0 Å². The van der Waals surface area contributed by atoms with E-state index in [2.05, 4.69) is 6.92 Å². The summed E-state index contributed by atoms with van der Waals surface area (Å²) in [4.78, 5) is 0. The molecule has 1 aliphatic rings. The van der Waals surface area contributed by atoms with E-state index in [1.807, 2.05) is 0 Å². The first-order valence-electron chi connectivity index (χ1n) is 3.04. The Labute approximate surface area is 57.5 Å². The van der Waals surface area contributed by atoms with Crippen LogP contribution in [-0.4, -0.2) is 26.2 Å². The van der Waals surface area contributed by atoms with Gasteiger partial charge in [0.2, 0.25) is 0 Å². The molecule has 1 fully saturated rings. The van der Waals surface area contributed by atoms with Crippen molar-refractivity contribution in [3.8, 4) is 0 Å². The van der Waals surface area contributed by atoms with Crippen LogP contribution in [-0.2, 0) is 11.3 Å². The maximum Gasteiger partial charge on any atom is 0.0209 e. The number of hydrogen-bond donors (Lipinski definition) is 0. The van der Waals surface area contributed by atoms with Crippen molar-refractivity contribution in [2.24, 2.45) is 5.92 Å². The van der Waals surface area contributed by atoms with E-state index in [9.17, 15) is 8.76 Å². The van der Waals surface area contributed by atoms with E-state index in [-0.39, 0.29) is 0 Å². The van der Waals surface area contributed by atoms with Crippen LogP contribution >= 0.6 is 0 Å². The van der Waals surface area contributed by atoms with Gasteiger partial charge in [-0.25, -0.2) is 4.31 Å². The van der Waals surface area contributed by atoms with Gasteiger partial charge in [-0.05, 0) is 12.3 Å². The van der Waals surface area contributed by atoms with Crippen LogP contribution in [0, 0.1) is 5.92 Å². The second-order valence-electron chi connectivity index (χ2n) is 2.50. The summed E-state index contributed by atoms with van der Waals surface area (Å²) in [5.74, 6) is 0.544. The van der Waals surface area contributed by atoms with E-state index in [1.165, 1.54) is 4.31 Å². The molecular weight excluding hydrogens is 138 g/mol. The highest BCUT2D eigenvalue weighted by molar-refractivity contribution is 7.76. The molecule has 9 heavy (non-hydrogen) atoms. The van der Waals surface area contributed by atoms with Gasteiger partial charge in [-0.1, -0.05) is 6.92 Å². The van der Waals surface area contributed by atoms with Crippen molar-refractivity contribution in [3.05, 3.63) is 0 Å². The van der Waals surface area contributed by atoms with Gasteiger partial charge in [0, 0.05) is 24.4 Å². The minimum absolute atomic E-state index is 0.544. The zero-order valence-corrected chi connectivity index (χ0v) is 6.19. The summed E-state index contributed by atoms with van der Waals surface area (Å²) in [6, 6.07) is 0. The molecule has 1 rings (SSSR count). The second kappa shape index (κ2) is 2.77. The van der Waals surface area contributed by atoms with Gasteiger partial charge in [-0.2, -0.15) is 0 Å². The molecule has 0 aliphatic carbocycles. The quantitative estimate of drug-likeness (QED) is 0.496. The molecule has 1 aliphatic heterocycles. The average Bonchev–Trinajstić information content (AvgIpc) is 2.14. The van der Waals surface area contributed by atoms with Gasteiger partial charge < -0.3 is 4.55 Å². The normalized spacial score (nSPS) is 32.9. The molecule has 4 heteroatoms. The Bertz CT molecular complexity index is 128. The van der Waals surface area contributed by atoms with Crippen LogP contribution in [0.2, 0.25) is 0 Å². The Morgan fingerprint density at radius 2 is 2.44 bits per heavy atom. The second-order valence-corrected chi connectivity index (χ2v) is 3.45. The average molecular weight is 148 g/mol. The van der Waals surface area contributed by atoms with Crippen LogP contribution in [0.4, 0.5) is 0 Å². The molecule has 2 atom stereocenters. The molecule has 1 heterocycles. The minimum atomic E-state index is -1.98. The van der Waals surface area contributed by atoms with E-state index >= 15 is 0 Å². The predicted molar refractivity (Wildman–Crippen MR) is 34.3 cm³/mol. The number of rotatable bonds is 1. The Morgan fingerprint density at radius 3 is 2.67 bits per heavy atom. The van der Waals surface area contributed by atoms with Gasteiger partial charge in [0.1, 0.15) is 0 Å². The summed E-state index contributed by atoms with van der Waals surface area (Å²) >= 11 is -1.98. The molecule has 0 aromatic rings. The molecule has 54 valence electrons. The SMILES string of the molecule is C[C@@H]1CCN(S(=O)[O-])C1. The molecule has 0 aromatic heterocycles. The molecule has 0 spiro atoms. The molecule has 0 bridgehead atoms. The first-order valence-corrected chi connectivity index (χ1v) is 4.07. The summed E-state index contributed by atoms with van der Waals surface area (Å²) in [6.45, 7) is 3.47. The van der Waals surface area contributed by atoms with Crippen molar-refractivity contribution in [2.45, 2.75) is 13.3 Å². The van der Waals surface area contributed by atoms with E-state index < -0.39 is 11.3 Å². The van der Waals surface area contributed by atoms with Crippen molar-refractivity contribution in [3.63, 3.8) is 0 Å². The molecule has 0 N–H and O–H groups in total. The van der Waals surface area contributed by atoms with E-state index in [4.69, 9.17) is 0 Å². The summed E-state index contributed by atoms with van der Waals surface area (Å²) in [5, 5.41) is 0. The van der Waals surface area contributed by atoms with Crippen molar-refractivity contribution >= 4 is 11.3 Å². The summed E-state index contributed by atoms with van der Waals surface area (Å²) in [6.07, 6.45) is 1.01. The van der Waals surface area contributed by atoms with Gasteiger partial charge in [-0.3, -0.25) is 4.21 Å². The molecule has 0 amide bonds. The molecule has 0 aromatic carbocycles. The molecule has 0 radical (unpaired) electrons. The van der Waals surface area contributed by atoms with Gasteiger partial charge in [0.15, 0.2) is 0 Å². The lowest BCUT2D eigenvalue weighted by atomic mass is 10.2. The molecule has 1 saturated heterocycles. The fourth-order valence-electron chi connectivity index (χ4n) is 1.03. The van der Waals surface area contributed by atoms with Crippen LogP contribution in [0.3, 0.4) is 0 Å². The van der Waals surface area contributed by atoms with Crippen molar-refractivity contribution < 1.29 is 8.76 Å². The molecule has 0 saturated carbocycles. The third-order valence-electron chi connectivity index (χ3n) is 1.60. The zero-order valence-electron chi connectivity index (χ0n) is 5.37. The monoisotopic (exact) mass is 148 g/mol. The van der Waals surface area contributed by atoms with Crippen molar-refractivity contribution in [2.75, 3.05) is 13.1 Å². The first-order chi connectivity index (χ1) is 4.20. The smallest absolute Gasteiger partial charge is 0.0209 e. The van der Waals surface area contributed by atoms with Crippen molar-refractivity contribution in [1.29, 1.82) is 0 Å². The Kier molecular flexibility index (Phi) is 2.21. The lowest BCUT2D eigenvalue weighted by Gasteiger charge is -2.16. The maximum absolute atomic E-state index is 10.3. The highest BCUT2D eigenvalue weighted by Gasteiger charge is 2.18. The highest BCUT2D eigenvalue weighted by atomic mass is 32.2. The Hall–Kier alpha value is 0.0700. The molecule has 1 unspecified atom stereocenters. The van der Waals surface area contributed by atoms with E-state index in [1.54, 1.807) is 0 Å². The fourth-order valence-corrected chi connectivity index (χ4v) is 1.66. The highest BCUT2D eigenvalue weighted by Crippen LogP contribution is 2.15. The fraction of sp³-hybridized carbons (Fsp3) is 1.00. The number of hydrogen-bond acceptors (Lipinski definition) is 2. The van der Waals surface area contributed by atoms with Crippen LogP contribution in [0.1, 0.15) is 13.3 Å². The lowest BCUT2D eigenvalue weighted by molar-refractivity contribution is 0.430. The summed E-state index contributed by atoms with van der Waals surface area (Å²) < 4.78 is 22.0. The Morgan fingerprint density at radius 1 is 1.78 bits per heavy atom. The van der Waals surface area contributed by atoms with Crippen LogP contribution in [0.5, 0.6) is 0 Å². The maximum atomic E-state index is 10.3. The van der Waals surface area contributed by atoms with E-state index in [0.717, 1.165) is 6.42 Å². The summed E-state index contributed by atoms with van der Waals surface area (Å²) in [5.41, 5.74) is 0. The van der Waals surface area contributed by atoms with Crippen LogP contribution in [0.25, 0.3) is 0 Å². The standard InChI is InChI=1S/C5H11NO2S/c1-5-2-3-6(4-5)9(7)8/h5H,2-4H2,1H3,(H,7,8)/p-1/t5-/m1/s1. The van der Waals surface area contributed by atoms with Crippen molar-refractivity contribution in [1.82, 2.24) is 4.31 Å². The Balaban J connectivity index is 2.39. The summed E-state index contributed by atoms with van der Waals surface area (Å²) in [7, 11) is 0. The van der Waals surface area contributed by atoms with E-state index in [0.29, 0.717) is 19.0 Å². The van der Waals surface area contributed by atoms with Crippen LogP contribution < -0.4 is 0 Å². The molecule has 3 nitrogen and oxygen atoms in total.